The van der Waals surface area contributed by atoms with Gasteiger partial charge in [0.15, 0.2) is 5.75 Å². The minimum Gasteiger partial charge on any atom is -0.431 e. The van der Waals surface area contributed by atoms with Crippen LogP contribution >= 0.6 is 27.5 Å². The van der Waals surface area contributed by atoms with E-state index in [1.807, 2.05) is 6.92 Å². The minimum absolute atomic E-state index is 0.00997. The quantitative estimate of drug-likeness (QED) is 0.813. The van der Waals surface area contributed by atoms with Crippen LogP contribution in [0.25, 0.3) is 0 Å². The number of nitrogens with one attached hydrogen (secondary N) is 2. The molecular weight excluding hydrogens is 356 g/mol. The Morgan fingerprint density at radius 3 is 2.80 bits per heavy atom. The predicted molar refractivity (Wildman–Crippen MR) is 76.4 cm³/mol. The number of H-pyrrole nitrogens is 1. The number of benzene rings is 1. The van der Waals surface area contributed by atoms with Gasteiger partial charge in [-0.15, -0.1) is 0 Å². The van der Waals surface area contributed by atoms with Gasteiger partial charge in [-0.2, -0.15) is 13.9 Å². The molecule has 1 heterocycles. The maximum absolute atomic E-state index is 12.5. The molecule has 0 saturated carbocycles. The molecule has 0 bridgehead atoms. The highest BCUT2D eigenvalue weighted by Gasteiger charge is 2.17. The molecule has 108 valence electrons. The Morgan fingerprint density at radius 1 is 1.45 bits per heavy atom. The van der Waals surface area contributed by atoms with Crippen molar-refractivity contribution in [2.45, 2.75) is 19.6 Å². The van der Waals surface area contributed by atoms with Crippen molar-refractivity contribution in [1.29, 1.82) is 0 Å². The Morgan fingerprint density at radius 2 is 2.20 bits per heavy atom. The molecule has 0 aliphatic carbocycles. The molecule has 8 heteroatoms. The van der Waals surface area contributed by atoms with Gasteiger partial charge in [-0.3, -0.25) is 5.10 Å². The summed E-state index contributed by atoms with van der Waals surface area (Å²) < 4.78 is 29.8. The number of halogens is 4. The second-order valence-electron chi connectivity index (χ2n) is 4.02. The van der Waals surface area contributed by atoms with E-state index in [4.69, 9.17) is 11.6 Å². The van der Waals surface area contributed by atoms with E-state index in [9.17, 15) is 8.78 Å². The first kappa shape index (κ1) is 15.1. The zero-order valence-corrected chi connectivity index (χ0v) is 12.7. The Labute approximate surface area is 127 Å². The van der Waals surface area contributed by atoms with Crippen LogP contribution in [-0.2, 0) is 0 Å². The van der Waals surface area contributed by atoms with Gasteiger partial charge in [0.25, 0.3) is 0 Å². The van der Waals surface area contributed by atoms with Crippen molar-refractivity contribution in [3.63, 3.8) is 0 Å². The van der Waals surface area contributed by atoms with Gasteiger partial charge in [0.05, 0.1) is 21.9 Å². The van der Waals surface area contributed by atoms with Crippen molar-refractivity contribution in [2.24, 2.45) is 0 Å². The molecule has 1 atom stereocenters. The lowest BCUT2D eigenvalue weighted by molar-refractivity contribution is -0.0498. The zero-order chi connectivity index (χ0) is 14.7. The SMILES string of the molecule is CC(Nc1cc(Cl)cc(Br)c1OC(F)F)c1ccn[nH]1. The Kier molecular flexibility index (Phi) is 4.82. The monoisotopic (exact) mass is 365 g/mol. The number of hydrogen-bond donors (Lipinski definition) is 2. The average molecular weight is 367 g/mol. The first-order valence-electron chi connectivity index (χ1n) is 5.67. The normalized spacial score (nSPS) is 12.5. The maximum atomic E-state index is 12.5. The van der Waals surface area contributed by atoms with Crippen molar-refractivity contribution in [2.75, 3.05) is 5.32 Å². The van der Waals surface area contributed by atoms with E-state index in [0.29, 0.717) is 15.2 Å². The van der Waals surface area contributed by atoms with E-state index in [2.05, 4.69) is 36.2 Å². The van der Waals surface area contributed by atoms with Crippen molar-refractivity contribution < 1.29 is 13.5 Å². The second-order valence-corrected chi connectivity index (χ2v) is 5.31. The molecule has 2 rings (SSSR count). The van der Waals surface area contributed by atoms with Crippen LogP contribution in [0.15, 0.2) is 28.9 Å². The number of aromatic amines is 1. The van der Waals surface area contributed by atoms with Crippen LogP contribution < -0.4 is 10.1 Å². The molecule has 0 saturated heterocycles. The van der Waals surface area contributed by atoms with E-state index < -0.39 is 6.61 Å². The number of rotatable bonds is 5. The van der Waals surface area contributed by atoms with Crippen molar-refractivity contribution in [3.05, 3.63) is 39.6 Å². The largest absolute Gasteiger partial charge is 0.431 e. The molecule has 0 amide bonds. The summed E-state index contributed by atoms with van der Waals surface area (Å²) in [6.45, 7) is -1.07. The maximum Gasteiger partial charge on any atom is 0.387 e. The van der Waals surface area contributed by atoms with Gasteiger partial charge in [-0.1, -0.05) is 11.6 Å². The molecule has 0 spiro atoms. The van der Waals surface area contributed by atoms with Crippen LogP contribution in [0.1, 0.15) is 18.7 Å². The summed E-state index contributed by atoms with van der Waals surface area (Å²) in [6.07, 6.45) is 1.61. The summed E-state index contributed by atoms with van der Waals surface area (Å²) in [6, 6.07) is 4.62. The molecule has 0 aliphatic rings. The second kappa shape index (κ2) is 6.41. The van der Waals surface area contributed by atoms with Gasteiger partial charge < -0.3 is 10.1 Å². The zero-order valence-electron chi connectivity index (χ0n) is 10.3. The van der Waals surface area contributed by atoms with Crippen molar-refractivity contribution in [1.82, 2.24) is 10.2 Å². The van der Waals surface area contributed by atoms with E-state index in [1.54, 1.807) is 12.3 Å². The summed E-state index contributed by atoms with van der Waals surface area (Å²) in [5.41, 5.74) is 1.18. The predicted octanol–water partition coefficient (Wildman–Crippen LogP) is 4.60. The van der Waals surface area contributed by atoms with Crippen molar-refractivity contribution in [3.8, 4) is 5.75 Å². The van der Waals surface area contributed by atoms with Crippen molar-refractivity contribution >= 4 is 33.2 Å². The molecule has 2 N–H and O–H groups in total. The van der Waals surface area contributed by atoms with Crippen LogP contribution in [0.3, 0.4) is 0 Å². The number of aromatic nitrogens is 2. The molecule has 0 aliphatic heterocycles. The summed E-state index contributed by atoms with van der Waals surface area (Å²) in [5.74, 6) is 0.00997. The lowest BCUT2D eigenvalue weighted by Crippen LogP contribution is -2.11. The number of hydrogen-bond acceptors (Lipinski definition) is 3. The molecule has 1 aromatic carbocycles. The van der Waals surface area contributed by atoms with Gasteiger partial charge in [0.2, 0.25) is 0 Å². The van der Waals surface area contributed by atoms with E-state index >= 15 is 0 Å². The van der Waals surface area contributed by atoms with Crippen LogP contribution in [0.5, 0.6) is 5.75 Å². The van der Waals surface area contributed by atoms with E-state index in [1.165, 1.54) is 12.1 Å². The fourth-order valence-corrected chi connectivity index (χ4v) is 2.60. The fraction of sp³-hybridized carbons (Fsp3) is 0.250. The lowest BCUT2D eigenvalue weighted by atomic mass is 10.2. The van der Waals surface area contributed by atoms with Crippen LogP contribution in [0.4, 0.5) is 14.5 Å². The Balaban J connectivity index is 2.29. The molecule has 4 nitrogen and oxygen atoms in total. The highest BCUT2D eigenvalue weighted by atomic mass is 79.9. The van der Waals surface area contributed by atoms with Crippen LogP contribution in [0, 0.1) is 0 Å². The van der Waals surface area contributed by atoms with Crippen LogP contribution in [-0.4, -0.2) is 16.8 Å². The number of ether oxygens (including phenoxy) is 1. The number of anilines is 1. The van der Waals surface area contributed by atoms with Gasteiger partial charge in [-0.25, -0.2) is 0 Å². The third-order valence-corrected chi connectivity index (χ3v) is 3.38. The van der Waals surface area contributed by atoms with Gasteiger partial charge in [0.1, 0.15) is 0 Å². The summed E-state index contributed by atoms with van der Waals surface area (Å²) in [4.78, 5) is 0. The summed E-state index contributed by atoms with van der Waals surface area (Å²) >= 11 is 9.10. The summed E-state index contributed by atoms with van der Waals surface area (Å²) in [5, 5.41) is 10.1. The molecule has 2 aromatic rings. The third kappa shape index (κ3) is 3.61. The molecule has 20 heavy (non-hydrogen) atoms. The Bertz CT molecular complexity index is 580. The molecule has 1 unspecified atom stereocenters. The average Bonchev–Trinajstić information content (AvgIpc) is 2.87. The lowest BCUT2D eigenvalue weighted by Gasteiger charge is -2.18. The first-order chi connectivity index (χ1) is 9.47. The van der Waals surface area contributed by atoms with E-state index in [-0.39, 0.29) is 11.8 Å². The topological polar surface area (TPSA) is 49.9 Å². The van der Waals surface area contributed by atoms with Gasteiger partial charge in [0, 0.05) is 11.2 Å². The van der Waals surface area contributed by atoms with E-state index in [0.717, 1.165) is 5.69 Å². The molecular formula is C12H11BrClF2N3O. The Hall–Kier alpha value is -1.34. The number of nitrogens with zero attached hydrogens (tertiary/aromatic N) is 1. The smallest absolute Gasteiger partial charge is 0.387 e. The number of alkyl halides is 2. The summed E-state index contributed by atoms with van der Waals surface area (Å²) in [7, 11) is 0. The molecule has 0 fully saturated rings. The van der Waals surface area contributed by atoms with Gasteiger partial charge >= 0.3 is 6.61 Å². The minimum atomic E-state index is -2.92. The third-order valence-electron chi connectivity index (χ3n) is 2.58. The highest BCUT2D eigenvalue weighted by Crippen LogP contribution is 2.38. The highest BCUT2D eigenvalue weighted by molar-refractivity contribution is 9.10. The standard InChI is InChI=1S/C12H11BrClF2N3O/c1-6(9-2-3-17-19-9)18-10-5-7(14)4-8(13)11(10)20-12(15)16/h2-6,12,18H,1H3,(H,17,19). The molecule has 0 radical (unpaired) electrons. The fourth-order valence-electron chi connectivity index (χ4n) is 1.70. The van der Waals surface area contributed by atoms with Crippen LogP contribution in [0.2, 0.25) is 5.02 Å². The van der Waals surface area contributed by atoms with Gasteiger partial charge in [-0.05, 0) is 41.1 Å². The molecule has 1 aromatic heterocycles. The first-order valence-corrected chi connectivity index (χ1v) is 6.84.